The van der Waals surface area contributed by atoms with E-state index in [0.717, 1.165) is 25.7 Å². The molecule has 19 heavy (non-hydrogen) atoms. The lowest BCUT2D eigenvalue weighted by Gasteiger charge is -2.18. The maximum Gasteiger partial charge on any atom is 0.137 e. The SMILES string of the molecule is CCOC(OCC)[Si]CCC(C)Nc1ccccc1. The van der Waals surface area contributed by atoms with Crippen LogP contribution in [0.15, 0.2) is 30.3 Å². The van der Waals surface area contributed by atoms with E-state index in [1.807, 2.05) is 19.9 Å². The molecule has 4 heteroatoms. The largest absolute Gasteiger partial charge is 0.383 e. The van der Waals surface area contributed by atoms with Crippen LogP contribution < -0.4 is 5.32 Å². The molecule has 3 nitrogen and oxygen atoms in total. The molecule has 1 rings (SSSR count). The van der Waals surface area contributed by atoms with E-state index in [0.29, 0.717) is 15.6 Å². The van der Waals surface area contributed by atoms with Crippen LogP contribution in [0.3, 0.4) is 0 Å². The maximum absolute atomic E-state index is 5.55. The summed E-state index contributed by atoms with van der Waals surface area (Å²) in [5.41, 5.74) is 1.18. The molecule has 1 aromatic rings. The summed E-state index contributed by atoms with van der Waals surface area (Å²) in [5, 5.41) is 3.50. The molecule has 1 aromatic carbocycles. The smallest absolute Gasteiger partial charge is 0.137 e. The standard InChI is InChI=1S/C15H25NO2Si/c1-4-17-15(18-5-2)19-12-11-13(3)16-14-9-7-6-8-10-14/h6-10,13,15-16H,4-5,11-12H2,1-3H3. The van der Waals surface area contributed by atoms with Crippen LogP contribution in [0.5, 0.6) is 0 Å². The van der Waals surface area contributed by atoms with Gasteiger partial charge in [-0.25, -0.2) is 0 Å². The molecule has 0 aromatic heterocycles. The molecule has 0 fully saturated rings. The molecular weight excluding hydrogens is 254 g/mol. The summed E-state index contributed by atoms with van der Waals surface area (Å²) >= 11 is 0. The van der Waals surface area contributed by atoms with Gasteiger partial charge in [-0.2, -0.15) is 0 Å². The predicted octanol–water partition coefficient (Wildman–Crippen LogP) is 3.36. The van der Waals surface area contributed by atoms with Gasteiger partial charge in [0.2, 0.25) is 0 Å². The number of rotatable bonds is 10. The minimum absolute atomic E-state index is 0.0149. The molecular formula is C15H25NO2Si. The molecule has 0 amide bonds. The van der Waals surface area contributed by atoms with Gasteiger partial charge >= 0.3 is 0 Å². The third kappa shape index (κ3) is 7.35. The molecule has 0 heterocycles. The van der Waals surface area contributed by atoms with Gasteiger partial charge in [0.15, 0.2) is 0 Å². The van der Waals surface area contributed by atoms with Gasteiger partial charge in [-0.05, 0) is 39.3 Å². The second-order valence-electron chi connectivity index (χ2n) is 4.40. The molecule has 2 radical (unpaired) electrons. The quantitative estimate of drug-likeness (QED) is 0.526. The Morgan fingerprint density at radius 3 is 2.32 bits per heavy atom. The van der Waals surface area contributed by atoms with Gasteiger partial charge in [-0.1, -0.05) is 24.2 Å². The Morgan fingerprint density at radius 1 is 1.11 bits per heavy atom. The lowest BCUT2D eigenvalue weighted by Crippen LogP contribution is -2.26. The molecule has 0 bridgehead atoms. The normalized spacial score (nSPS) is 12.6. The first-order valence-electron chi connectivity index (χ1n) is 7.04. The highest BCUT2D eigenvalue weighted by molar-refractivity contribution is 6.36. The Kier molecular flexibility index (Phi) is 8.54. The zero-order valence-corrected chi connectivity index (χ0v) is 13.2. The summed E-state index contributed by atoms with van der Waals surface area (Å²) in [5.74, 6) is -0.0149. The van der Waals surface area contributed by atoms with E-state index in [-0.39, 0.29) is 5.91 Å². The van der Waals surface area contributed by atoms with Crippen LogP contribution in [0.2, 0.25) is 6.04 Å². The first-order chi connectivity index (χ1) is 9.26. The third-order valence-electron chi connectivity index (χ3n) is 2.71. The van der Waals surface area contributed by atoms with Gasteiger partial charge in [0.1, 0.15) is 15.4 Å². The zero-order chi connectivity index (χ0) is 13.9. The lowest BCUT2D eigenvalue weighted by atomic mass is 10.2. The summed E-state index contributed by atoms with van der Waals surface area (Å²) in [6.45, 7) is 7.67. The van der Waals surface area contributed by atoms with Crippen molar-refractivity contribution in [1.29, 1.82) is 0 Å². The van der Waals surface area contributed by atoms with Crippen molar-refractivity contribution >= 4 is 15.2 Å². The molecule has 0 aliphatic heterocycles. The number of hydrogen-bond donors (Lipinski definition) is 1. The van der Waals surface area contributed by atoms with Crippen molar-refractivity contribution in [2.45, 2.75) is 45.2 Å². The van der Waals surface area contributed by atoms with E-state index >= 15 is 0 Å². The Balaban J connectivity index is 2.20. The number of anilines is 1. The minimum Gasteiger partial charge on any atom is -0.383 e. The lowest BCUT2D eigenvalue weighted by molar-refractivity contribution is -0.0827. The van der Waals surface area contributed by atoms with Gasteiger partial charge in [-0.15, -0.1) is 0 Å². The highest BCUT2D eigenvalue weighted by Crippen LogP contribution is 2.10. The Bertz CT molecular complexity index is 315. The molecule has 106 valence electrons. The van der Waals surface area contributed by atoms with Gasteiger partial charge in [0.05, 0.1) is 0 Å². The third-order valence-corrected chi connectivity index (χ3v) is 3.96. The summed E-state index contributed by atoms with van der Waals surface area (Å²) in [4.78, 5) is 0. The Morgan fingerprint density at radius 2 is 1.74 bits per heavy atom. The van der Waals surface area contributed by atoms with Crippen molar-refractivity contribution in [3.8, 4) is 0 Å². The summed E-state index contributed by atoms with van der Waals surface area (Å²) < 4.78 is 11.1. The average molecular weight is 279 g/mol. The van der Waals surface area contributed by atoms with Crippen LogP contribution in [0.25, 0.3) is 0 Å². The summed E-state index contributed by atoms with van der Waals surface area (Å²) in [6, 6.07) is 11.9. The highest BCUT2D eigenvalue weighted by atomic mass is 28.2. The second-order valence-corrected chi connectivity index (χ2v) is 5.78. The first-order valence-corrected chi connectivity index (χ1v) is 8.32. The van der Waals surface area contributed by atoms with Crippen LogP contribution in [0, 0.1) is 0 Å². The number of benzene rings is 1. The van der Waals surface area contributed by atoms with E-state index in [4.69, 9.17) is 9.47 Å². The van der Waals surface area contributed by atoms with Crippen LogP contribution in [-0.4, -0.2) is 34.7 Å². The number of nitrogens with one attached hydrogen (secondary N) is 1. The molecule has 1 atom stereocenters. The molecule has 1 N–H and O–H groups in total. The molecule has 0 saturated heterocycles. The van der Waals surface area contributed by atoms with Crippen LogP contribution in [-0.2, 0) is 9.47 Å². The Hall–Kier alpha value is -0.843. The zero-order valence-electron chi connectivity index (χ0n) is 12.2. The van der Waals surface area contributed by atoms with Crippen molar-refractivity contribution in [3.63, 3.8) is 0 Å². The van der Waals surface area contributed by atoms with Crippen LogP contribution in [0.4, 0.5) is 5.69 Å². The fourth-order valence-corrected chi connectivity index (χ4v) is 3.18. The van der Waals surface area contributed by atoms with Crippen molar-refractivity contribution in [1.82, 2.24) is 0 Å². The number of para-hydroxylation sites is 1. The van der Waals surface area contributed by atoms with Crippen LogP contribution in [0.1, 0.15) is 27.2 Å². The van der Waals surface area contributed by atoms with Gasteiger partial charge in [0, 0.05) is 24.9 Å². The van der Waals surface area contributed by atoms with Crippen molar-refractivity contribution in [2.75, 3.05) is 18.5 Å². The van der Waals surface area contributed by atoms with E-state index in [1.54, 1.807) is 0 Å². The molecule has 1 unspecified atom stereocenters. The predicted molar refractivity (Wildman–Crippen MR) is 81.7 cm³/mol. The number of hydrogen-bond acceptors (Lipinski definition) is 3. The molecule has 0 spiro atoms. The number of ether oxygens (including phenoxy) is 2. The van der Waals surface area contributed by atoms with Gasteiger partial charge in [0.25, 0.3) is 0 Å². The molecule has 0 aliphatic rings. The second kappa shape index (κ2) is 10.0. The Labute approximate surface area is 119 Å². The molecule has 0 aliphatic carbocycles. The average Bonchev–Trinajstić information content (AvgIpc) is 2.40. The summed E-state index contributed by atoms with van der Waals surface area (Å²) in [7, 11) is 0.706. The topological polar surface area (TPSA) is 30.5 Å². The van der Waals surface area contributed by atoms with Gasteiger partial charge < -0.3 is 14.8 Å². The van der Waals surface area contributed by atoms with Gasteiger partial charge in [-0.3, -0.25) is 0 Å². The highest BCUT2D eigenvalue weighted by Gasteiger charge is 2.10. The van der Waals surface area contributed by atoms with Crippen molar-refractivity contribution in [3.05, 3.63) is 30.3 Å². The van der Waals surface area contributed by atoms with E-state index in [1.165, 1.54) is 5.69 Å². The minimum atomic E-state index is -0.0149. The van der Waals surface area contributed by atoms with Crippen LogP contribution >= 0.6 is 0 Å². The van der Waals surface area contributed by atoms with E-state index in [2.05, 4.69) is 36.5 Å². The van der Waals surface area contributed by atoms with E-state index < -0.39 is 0 Å². The fourth-order valence-electron chi connectivity index (χ4n) is 1.78. The van der Waals surface area contributed by atoms with E-state index in [9.17, 15) is 0 Å². The van der Waals surface area contributed by atoms with Crippen molar-refractivity contribution < 1.29 is 9.47 Å². The summed E-state index contributed by atoms with van der Waals surface area (Å²) in [6.07, 6.45) is 1.13. The molecule has 0 saturated carbocycles. The fraction of sp³-hybridized carbons (Fsp3) is 0.600. The van der Waals surface area contributed by atoms with Crippen molar-refractivity contribution in [2.24, 2.45) is 0 Å². The maximum atomic E-state index is 5.55. The monoisotopic (exact) mass is 279 g/mol. The first kappa shape index (κ1) is 16.2.